The van der Waals surface area contributed by atoms with E-state index in [0.29, 0.717) is 13.0 Å². The van der Waals surface area contributed by atoms with Gasteiger partial charge in [-0.1, -0.05) is 12.6 Å². The number of rotatable bonds is 2. The normalized spacial score (nSPS) is 20.6. The fourth-order valence-electron chi connectivity index (χ4n) is 5.72. The minimum Gasteiger partial charge on any atom is -0.389 e. The molecule has 194 valence electrons. The second-order valence-corrected chi connectivity index (χ2v) is 10.4. The molecular weight excluding hydrogens is 517 g/mol. The van der Waals surface area contributed by atoms with Gasteiger partial charge in [0.2, 0.25) is 5.91 Å². The summed E-state index contributed by atoms with van der Waals surface area (Å²) in [4.78, 5) is 29.1. The monoisotopic (exact) mass is 538 g/mol. The molecule has 3 aliphatic rings. The van der Waals surface area contributed by atoms with Gasteiger partial charge in [-0.25, -0.2) is 13.2 Å². The standard InChI is InChI=1S/C26H21F3N6O2S/c1-2-18(36)33-7-8-34-12(11-33)5-6-35-22-14(26(34)37)9-17(28)20(21(22)24(29)32-35)13-3-4-16(27)23-19(13)15(10-30)25(31)38-23/h2-4,9,12,24,32H,1,5-8,11,31H2. The van der Waals surface area contributed by atoms with E-state index in [4.69, 9.17) is 5.73 Å². The minimum absolute atomic E-state index is 0.00853. The lowest BCUT2D eigenvalue weighted by Crippen LogP contribution is -2.58. The Morgan fingerprint density at radius 1 is 1.24 bits per heavy atom. The van der Waals surface area contributed by atoms with E-state index in [2.05, 4.69) is 12.0 Å². The predicted molar refractivity (Wildman–Crippen MR) is 137 cm³/mol. The molecule has 2 atom stereocenters. The summed E-state index contributed by atoms with van der Waals surface area (Å²) >= 11 is 0.864. The van der Waals surface area contributed by atoms with Gasteiger partial charge in [-0.15, -0.1) is 11.3 Å². The number of alkyl halides is 1. The van der Waals surface area contributed by atoms with Crippen LogP contribution in [0.5, 0.6) is 0 Å². The number of nitriles is 1. The number of piperazine rings is 1. The molecule has 12 heteroatoms. The molecule has 0 bridgehead atoms. The first-order valence-electron chi connectivity index (χ1n) is 11.9. The Hall–Kier alpha value is -4.08. The molecule has 8 nitrogen and oxygen atoms in total. The number of halogens is 3. The number of hydrazine groups is 1. The molecule has 1 aromatic heterocycles. The van der Waals surface area contributed by atoms with Gasteiger partial charge in [0.1, 0.15) is 22.7 Å². The zero-order valence-corrected chi connectivity index (χ0v) is 20.7. The lowest BCUT2D eigenvalue weighted by Gasteiger charge is -2.43. The Morgan fingerprint density at radius 3 is 2.76 bits per heavy atom. The molecular formula is C26H21F3N6O2S. The van der Waals surface area contributed by atoms with Gasteiger partial charge < -0.3 is 20.5 Å². The third kappa shape index (κ3) is 3.39. The molecule has 38 heavy (non-hydrogen) atoms. The average molecular weight is 539 g/mol. The van der Waals surface area contributed by atoms with E-state index in [1.54, 1.807) is 9.80 Å². The van der Waals surface area contributed by atoms with E-state index in [0.717, 1.165) is 23.5 Å². The number of nitrogens with zero attached hydrogens (tertiary/aromatic N) is 4. The first kappa shape index (κ1) is 24.3. The number of nitrogens with two attached hydrogens (primary N) is 1. The highest BCUT2D eigenvalue weighted by Gasteiger charge is 2.42. The van der Waals surface area contributed by atoms with Crippen molar-refractivity contribution in [1.82, 2.24) is 15.2 Å². The number of nitrogens with one attached hydrogen (secondary N) is 1. The second-order valence-electron chi connectivity index (χ2n) is 9.37. The Balaban J connectivity index is 1.53. The fraction of sp³-hybridized carbons (Fsp3) is 0.269. The molecule has 3 N–H and O–H groups in total. The summed E-state index contributed by atoms with van der Waals surface area (Å²) in [5.41, 5.74) is 8.71. The molecule has 6 rings (SSSR count). The molecule has 0 aliphatic carbocycles. The van der Waals surface area contributed by atoms with E-state index in [-0.39, 0.29) is 80.2 Å². The van der Waals surface area contributed by atoms with Crippen molar-refractivity contribution < 1.29 is 22.8 Å². The van der Waals surface area contributed by atoms with Crippen LogP contribution in [0, 0.1) is 23.0 Å². The van der Waals surface area contributed by atoms with Gasteiger partial charge in [-0.3, -0.25) is 9.59 Å². The van der Waals surface area contributed by atoms with E-state index >= 15 is 8.78 Å². The number of carbonyl (C=O) groups is 2. The van der Waals surface area contributed by atoms with Crippen LogP contribution in [-0.2, 0) is 4.79 Å². The van der Waals surface area contributed by atoms with Gasteiger partial charge in [-0.05, 0) is 30.2 Å². The molecule has 0 spiro atoms. The molecule has 3 aliphatic heterocycles. The van der Waals surface area contributed by atoms with E-state index < -0.39 is 23.8 Å². The van der Waals surface area contributed by atoms with Gasteiger partial charge in [0.05, 0.1) is 27.6 Å². The molecule has 1 fully saturated rings. The Morgan fingerprint density at radius 2 is 2.03 bits per heavy atom. The lowest BCUT2D eigenvalue weighted by atomic mass is 9.90. The van der Waals surface area contributed by atoms with Crippen molar-refractivity contribution in [3.05, 3.63) is 59.2 Å². The van der Waals surface area contributed by atoms with Crippen molar-refractivity contribution in [2.45, 2.75) is 18.8 Å². The first-order chi connectivity index (χ1) is 18.2. The summed E-state index contributed by atoms with van der Waals surface area (Å²) in [5, 5.41) is 11.4. The van der Waals surface area contributed by atoms with Gasteiger partial charge in [0.15, 0.2) is 6.30 Å². The van der Waals surface area contributed by atoms with Crippen LogP contribution in [0.15, 0.2) is 30.9 Å². The maximum Gasteiger partial charge on any atom is 0.256 e. The summed E-state index contributed by atoms with van der Waals surface area (Å²) in [6.07, 6.45) is -0.212. The first-order valence-corrected chi connectivity index (χ1v) is 12.7. The van der Waals surface area contributed by atoms with Gasteiger partial charge >= 0.3 is 0 Å². The third-order valence-electron chi connectivity index (χ3n) is 7.43. The van der Waals surface area contributed by atoms with Gasteiger partial charge in [-0.2, -0.15) is 10.7 Å². The minimum atomic E-state index is -1.86. The predicted octanol–water partition coefficient (Wildman–Crippen LogP) is 3.84. The van der Waals surface area contributed by atoms with Crippen molar-refractivity contribution in [3.8, 4) is 17.2 Å². The molecule has 1 saturated heterocycles. The summed E-state index contributed by atoms with van der Waals surface area (Å²) in [6.45, 7) is 4.63. The lowest BCUT2D eigenvalue weighted by molar-refractivity contribution is -0.128. The van der Waals surface area contributed by atoms with Crippen LogP contribution in [0.1, 0.15) is 34.2 Å². The molecule has 2 amide bonds. The largest absolute Gasteiger partial charge is 0.389 e. The molecule has 0 radical (unpaired) electrons. The quantitative estimate of drug-likeness (QED) is 0.380. The Labute approximate surface area is 219 Å². The highest BCUT2D eigenvalue weighted by Crippen LogP contribution is 2.49. The van der Waals surface area contributed by atoms with Gasteiger partial charge in [0.25, 0.3) is 5.91 Å². The highest BCUT2D eigenvalue weighted by molar-refractivity contribution is 7.23. The van der Waals surface area contributed by atoms with Gasteiger partial charge in [0, 0.05) is 42.7 Å². The summed E-state index contributed by atoms with van der Waals surface area (Å²) in [6, 6.07) is 5.11. The van der Waals surface area contributed by atoms with Crippen LogP contribution < -0.4 is 16.2 Å². The summed E-state index contributed by atoms with van der Waals surface area (Å²) < 4.78 is 46.3. The SMILES string of the molecule is C=CC(=O)N1CCN2C(=O)c3cc(F)c(-c4ccc(F)c5sc(N)c(C#N)c45)c4c3N(CCC2C1)NC4F. The topological polar surface area (TPSA) is 106 Å². The number of nitrogen functional groups attached to an aromatic ring is 1. The number of hydrogen-bond donors (Lipinski definition) is 2. The van der Waals surface area contributed by atoms with Crippen molar-refractivity contribution in [2.75, 3.05) is 36.9 Å². The third-order valence-corrected chi connectivity index (χ3v) is 8.45. The number of anilines is 2. The molecule has 2 unspecified atom stereocenters. The zero-order chi connectivity index (χ0) is 26.9. The van der Waals surface area contributed by atoms with Crippen molar-refractivity contribution in [1.29, 1.82) is 5.26 Å². The number of fused-ring (bicyclic) bond motifs is 2. The van der Waals surface area contributed by atoms with E-state index in [1.165, 1.54) is 17.2 Å². The molecule has 0 saturated carbocycles. The van der Waals surface area contributed by atoms with E-state index in [1.807, 2.05) is 6.07 Å². The number of thiophene rings is 1. The molecule has 3 aromatic rings. The smallest absolute Gasteiger partial charge is 0.256 e. The van der Waals surface area contributed by atoms with Crippen LogP contribution >= 0.6 is 11.3 Å². The molecule has 2 aromatic carbocycles. The van der Waals surface area contributed by atoms with E-state index in [9.17, 15) is 19.2 Å². The molecule has 4 heterocycles. The Bertz CT molecular complexity index is 1600. The number of carbonyl (C=O) groups excluding carboxylic acids is 2. The maximum atomic E-state index is 16.0. The second kappa shape index (κ2) is 8.75. The maximum absolute atomic E-state index is 16.0. The highest BCUT2D eigenvalue weighted by atomic mass is 32.1. The Kier molecular flexibility index (Phi) is 5.59. The van der Waals surface area contributed by atoms with Crippen LogP contribution in [0.2, 0.25) is 0 Å². The summed E-state index contributed by atoms with van der Waals surface area (Å²) in [7, 11) is 0. The van der Waals surface area contributed by atoms with Crippen LogP contribution in [0.25, 0.3) is 21.2 Å². The van der Waals surface area contributed by atoms with Crippen LogP contribution in [-0.4, -0.2) is 53.8 Å². The number of benzene rings is 2. The number of hydrogen-bond acceptors (Lipinski definition) is 7. The summed E-state index contributed by atoms with van der Waals surface area (Å²) in [5.74, 6) is -2.21. The van der Waals surface area contributed by atoms with Crippen molar-refractivity contribution in [2.24, 2.45) is 0 Å². The average Bonchev–Trinajstić information content (AvgIpc) is 3.42. The van der Waals surface area contributed by atoms with Crippen LogP contribution in [0.4, 0.5) is 23.9 Å². The van der Waals surface area contributed by atoms with Crippen molar-refractivity contribution in [3.63, 3.8) is 0 Å². The fourth-order valence-corrected chi connectivity index (χ4v) is 6.67. The zero-order valence-electron chi connectivity index (χ0n) is 19.9. The number of amides is 2. The van der Waals surface area contributed by atoms with Crippen molar-refractivity contribution >= 4 is 43.9 Å². The van der Waals surface area contributed by atoms with Crippen LogP contribution in [0.3, 0.4) is 0 Å².